The molecule has 1 N–H and O–H groups in total. The molecular weight excluding hydrogens is 300 g/mol. The first-order valence-electron chi connectivity index (χ1n) is 6.36. The molecule has 0 spiro atoms. The van der Waals surface area contributed by atoms with Gasteiger partial charge in [0.1, 0.15) is 0 Å². The Bertz CT molecular complexity index is 566. The molecule has 2 rings (SSSR count). The van der Waals surface area contributed by atoms with Crippen LogP contribution in [0, 0.1) is 6.92 Å². The SMILES string of the molecule is CNCc1ccc(N(C)c2ccccc2C)c(Br)c1. The van der Waals surface area contributed by atoms with Crippen molar-refractivity contribution in [2.75, 3.05) is 19.0 Å². The Morgan fingerprint density at radius 2 is 1.84 bits per heavy atom. The van der Waals surface area contributed by atoms with E-state index in [-0.39, 0.29) is 0 Å². The van der Waals surface area contributed by atoms with E-state index in [4.69, 9.17) is 0 Å². The maximum atomic E-state index is 3.67. The van der Waals surface area contributed by atoms with Crippen molar-refractivity contribution in [2.45, 2.75) is 13.5 Å². The van der Waals surface area contributed by atoms with Crippen LogP contribution in [-0.2, 0) is 6.54 Å². The maximum absolute atomic E-state index is 3.67. The summed E-state index contributed by atoms with van der Waals surface area (Å²) in [6, 6.07) is 14.9. The van der Waals surface area contributed by atoms with Gasteiger partial charge in [-0.2, -0.15) is 0 Å². The molecule has 0 unspecified atom stereocenters. The highest BCUT2D eigenvalue weighted by atomic mass is 79.9. The van der Waals surface area contributed by atoms with Crippen LogP contribution in [0.2, 0.25) is 0 Å². The molecule has 0 radical (unpaired) electrons. The molecule has 0 atom stereocenters. The van der Waals surface area contributed by atoms with Crippen LogP contribution in [0.25, 0.3) is 0 Å². The topological polar surface area (TPSA) is 15.3 Å². The molecule has 2 aromatic rings. The van der Waals surface area contributed by atoms with Crippen molar-refractivity contribution >= 4 is 27.3 Å². The number of rotatable bonds is 4. The van der Waals surface area contributed by atoms with Crippen molar-refractivity contribution in [2.24, 2.45) is 0 Å². The standard InChI is InChI=1S/C16H19BrN2/c1-12-6-4-5-7-15(12)19(3)16-9-8-13(11-18-2)10-14(16)17/h4-10,18H,11H2,1-3H3. The van der Waals surface area contributed by atoms with Crippen molar-refractivity contribution in [1.29, 1.82) is 0 Å². The summed E-state index contributed by atoms with van der Waals surface area (Å²) in [5.74, 6) is 0. The van der Waals surface area contributed by atoms with Gasteiger partial charge >= 0.3 is 0 Å². The molecule has 2 aromatic carbocycles. The zero-order valence-electron chi connectivity index (χ0n) is 11.6. The summed E-state index contributed by atoms with van der Waals surface area (Å²) in [5, 5.41) is 3.17. The van der Waals surface area contributed by atoms with Gasteiger partial charge in [0.25, 0.3) is 0 Å². The lowest BCUT2D eigenvalue weighted by atomic mass is 10.1. The molecular formula is C16H19BrN2. The van der Waals surface area contributed by atoms with Crippen LogP contribution in [0.15, 0.2) is 46.9 Å². The van der Waals surface area contributed by atoms with Crippen molar-refractivity contribution in [3.05, 3.63) is 58.1 Å². The highest BCUT2D eigenvalue weighted by molar-refractivity contribution is 9.10. The van der Waals surface area contributed by atoms with E-state index in [1.165, 1.54) is 22.5 Å². The minimum atomic E-state index is 0.882. The third-order valence-corrected chi connectivity index (χ3v) is 3.87. The summed E-state index contributed by atoms with van der Waals surface area (Å²) >= 11 is 3.67. The van der Waals surface area contributed by atoms with Crippen LogP contribution in [0.3, 0.4) is 0 Å². The molecule has 2 nitrogen and oxygen atoms in total. The summed E-state index contributed by atoms with van der Waals surface area (Å²) < 4.78 is 1.12. The van der Waals surface area contributed by atoms with Crippen LogP contribution >= 0.6 is 15.9 Å². The van der Waals surface area contributed by atoms with Gasteiger partial charge in [-0.15, -0.1) is 0 Å². The average molecular weight is 319 g/mol. The first kappa shape index (κ1) is 14.1. The highest BCUT2D eigenvalue weighted by Gasteiger charge is 2.10. The second kappa shape index (κ2) is 6.22. The Balaban J connectivity index is 2.34. The van der Waals surface area contributed by atoms with Gasteiger partial charge in [-0.25, -0.2) is 0 Å². The zero-order valence-corrected chi connectivity index (χ0v) is 13.2. The molecule has 0 aliphatic heterocycles. The lowest BCUT2D eigenvalue weighted by Gasteiger charge is -2.23. The number of halogens is 1. The second-order valence-electron chi connectivity index (χ2n) is 4.66. The average Bonchev–Trinajstić information content (AvgIpc) is 2.39. The Morgan fingerprint density at radius 3 is 2.47 bits per heavy atom. The van der Waals surface area contributed by atoms with E-state index in [9.17, 15) is 0 Å². The number of aryl methyl sites for hydroxylation is 1. The lowest BCUT2D eigenvalue weighted by molar-refractivity contribution is 0.817. The Kier molecular flexibility index (Phi) is 4.61. The van der Waals surface area contributed by atoms with Crippen LogP contribution in [0.5, 0.6) is 0 Å². The van der Waals surface area contributed by atoms with Gasteiger partial charge in [-0.1, -0.05) is 24.3 Å². The molecule has 0 aliphatic carbocycles. The van der Waals surface area contributed by atoms with E-state index in [1.54, 1.807) is 0 Å². The number of anilines is 2. The minimum Gasteiger partial charge on any atom is -0.343 e. The highest BCUT2D eigenvalue weighted by Crippen LogP contribution is 2.33. The summed E-state index contributed by atoms with van der Waals surface area (Å²) in [6.45, 7) is 3.02. The summed E-state index contributed by atoms with van der Waals surface area (Å²) in [6.07, 6.45) is 0. The molecule has 0 saturated heterocycles. The Labute approximate surface area is 123 Å². The zero-order chi connectivity index (χ0) is 13.8. The van der Waals surface area contributed by atoms with Crippen molar-refractivity contribution < 1.29 is 0 Å². The van der Waals surface area contributed by atoms with Gasteiger partial charge < -0.3 is 10.2 Å². The lowest BCUT2D eigenvalue weighted by Crippen LogP contribution is -2.12. The fourth-order valence-corrected chi connectivity index (χ4v) is 2.90. The Hall–Kier alpha value is -1.32. The number of benzene rings is 2. The molecule has 3 heteroatoms. The minimum absolute atomic E-state index is 0.882. The number of nitrogens with zero attached hydrogens (tertiary/aromatic N) is 1. The fraction of sp³-hybridized carbons (Fsp3) is 0.250. The first-order chi connectivity index (χ1) is 9.13. The molecule has 19 heavy (non-hydrogen) atoms. The van der Waals surface area contributed by atoms with Crippen LogP contribution in [0.4, 0.5) is 11.4 Å². The predicted molar refractivity (Wildman–Crippen MR) is 86.1 cm³/mol. The number of hydrogen-bond acceptors (Lipinski definition) is 2. The molecule has 0 amide bonds. The van der Waals surface area contributed by atoms with Gasteiger partial charge in [-0.3, -0.25) is 0 Å². The largest absolute Gasteiger partial charge is 0.343 e. The van der Waals surface area contributed by atoms with Gasteiger partial charge in [0.05, 0.1) is 5.69 Å². The molecule has 0 heterocycles. The molecule has 0 aliphatic rings. The summed E-state index contributed by atoms with van der Waals surface area (Å²) in [5.41, 5.74) is 4.95. The predicted octanol–water partition coefficient (Wildman–Crippen LogP) is 4.24. The van der Waals surface area contributed by atoms with Crippen LogP contribution in [0.1, 0.15) is 11.1 Å². The van der Waals surface area contributed by atoms with E-state index < -0.39 is 0 Å². The van der Waals surface area contributed by atoms with Crippen molar-refractivity contribution in [1.82, 2.24) is 5.32 Å². The van der Waals surface area contributed by atoms with Crippen LogP contribution in [-0.4, -0.2) is 14.1 Å². The normalized spacial score (nSPS) is 10.5. The molecule has 0 fully saturated rings. The smallest absolute Gasteiger partial charge is 0.0552 e. The van der Waals surface area contributed by atoms with E-state index in [2.05, 4.69) is 82.6 Å². The summed E-state index contributed by atoms with van der Waals surface area (Å²) in [7, 11) is 4.06. The third kappa shape index (κ3) is 3.17. The van der Waals surface area contributed by atoms with E-state index >= 15 is 0 Å². The maximum Gasteiger partial charge on any atom is 0.0552 e. The molecule has 0 saturated carbocycles. The van der Waals surface area contributed by atoms with Gasteiger partial charge in [0.2, 0.25) is 0 Å². The Morgan fingerprint density at radius 1 is 1.11 bits per heavy atom. The number of hydrogen-bond donors (Lipinski definition) is 1. The van der Waals surface area contributed by atoms with Gasteiger partial charge in [0, 0.05) is 23.8 Å². The number of nitrogens with one attached hydrogen (secondary N) is 1. The van der Waals surface area contributed by atoms with Crippen molar-refractivity contribution in [3.63, 3.8) is 0 Å². The summed E-state index contributed by atoms with van der Waals surface area (Å²) in [4.78, 5) is 2.21. The van der Waals surface area contributed by atoms with Crippen molar-refractivity contribution in [3.8, 4) is 0 Å². The van der Waals surface area contributed by atoms with Gasteiger partial charge in [0.15, 0.2) is 0 Å². The third-order valence-electron chi connectivity index (χ3n) is 3.23. The molecule has 100 valence electrons. The quantitative estimate of drug-likeness (QED) is 0.906. The molecule has 0 bridgehead atoms. The fourth-order valence-electron chi connectivity index (χ4n) is 2.21. The van der Waals surface area contributed by atoms with Crippen LogP contribution < -0.4 is 10.2 Å². The second-order valence-corrected chi connectivity index (χ2v) is 5.52. The van der Waals surface area contributed by atoms with E-state index in [0.29, 0.717) is 0 Å². The monoisotopic (exact) mass is 318 g/mol. The van der Waals surface area contributed by atoms with Gasteiger partial charge in [-0.05, 0) is 59.2 Å². The number of para-hydroxylation sites is 1. The van der Waals surface area contributed by atoms with E-state index in [1.807, 2.05) is 7.05 Å². The van der Waals surface area contributed by atoms with E-state index in [0.717, 1.165) is 11.0 Å². The first-order valence-corrected chi connectivity index (χ1v) is 7.15. The molecule has 0 aromatic heterocycles.